The smallest absolute Gasteiger partial charge is 0.253 e. The average molecular weight is 283 g/mol. The number of nitrogen functional groups attached to an aromatic ring is 1. The number of nitrogens with two attached hydrogens (primary N) is 1. The molecule has 1 atom stereocenters. The average Bonchev–Trinajstić information content (AvgIpc) is 2.85. The third-order valence-electron chi connectivity index (χ3n) is 3.32. The maximum absolute atomic E-state index is 12.0. The van der Waals surface area contributed by atoms with Gasteiger partial charge in [0.25, 0.3) is 5.91 Å². The van der Waals surface area contributed by atoms with Crippen LogP contribution in [0.1, 0.15) is 32.6 Å². The Hall–Kier alpha value is -1.26. The number of nitrogens with one attached hydrogen (secondary N) is 1. The molecule has 4 nitrogen and oxygen atoms in total. The molecule has 0 saturated heterocycles. The number of anilines is 2. The van der Waals surface area contributed by atoms with E-state index in [-0.39, 0.29) is 12.0 Å². The first-order chi connectivity index (χ1) is 9.06. The van der Waals surface area contributed by atoms with E-state index in [1.54, 1.807) is 25.1 Å². The fourth-order valence-corrected chi connectivity index (χ4v) is 2.48. The van der Waals surface area contributed by atoms with E-state index in [4.69, 9.17) is 22.1 Å². The highest BCUT2D eigenvalue weighted by atomic mass is 35.5. The number of carbonyl (C=O) groups excluding carboxylic acids is 1. The second kappa shape index (κ2) is 6.26. The molecule has 3 N–H and O–H groups in total. The summed E-state index contributed by atoms with van der Waals surface area (Å²) in [5, 5.41) is 3.19. The minimum absolute atomic E-state index is 0.182. The zero-order valence-electron chi connectivity index (χ0n) is 11.0. The maximum atomic E-state index is 12.0. The van der Waals surface area contributed by atoms with Gasteiger partial charge < -0.3 is 15.8 Å². The van der Waals surface area contributed by atoms with Crippen LogP contribution in [0.3, 0.4) is 0 Å². The van der Waals surface area contributed by atoms with E-state index in [1.165, 1.54) is 12.8 Å². The van der Waals surface area contributed by atoms with Crippen LogP contribution in [-0.4, -0.2) is 18.1 Å². The van der Waals surface area contributed by atoms with E-state index in [2.05, 4.69) is 5.32 Å². The van der Waals surface area contributed by atoms with Crippen molar-refractivity contribution in [3.8, 4) is 0 Å². The standard InChI is InChI=1S/C14H19ClN2O2/c1-9(19-11-4-2-3-5-11)14(18)17-13-7-6-10(16)8-12(13)15/h6-9,11H,2-5,16H2,1H3,(H,17,18). The summed E-state index contributed by atoms with van der Waals surface area (Å²) in [4.78, 5) is 12.0. The predicted molar refractivity (Wildman–Crippen MR) is 77.3 cm³/mol. The van der Waals surface area contributed by atoms with Crippen molar-refractivity contribution in [3.05, 3.63) is 23.2 Å². The first kappa shape index (κ1) is 14.2. The lowest BCUT2D eigenvalue weighted by atomic mass is 10.2. The third-order valence-corrected chi connectivity index (χ3v) is 3.63. The second-order valence-corrected chi connectivity index (χ2v) is 5.32. The molecule has 0 heterocycles. The Bertz CT molecular complexity index is 459. The lowest BCUT2D eigenvalue weighted by molar-refractivity contribution is -0.129. The number of benzene rings is 1. The van der Waals surface area contributed by atoms with E-state index < -0.39 is 6.10 Å². The van der Waals surface area contributed by atoms with Gasteiger partial charge in [-0.15, -0.1) is 0 Å². The lowest BCUT2D eigenvalue weighted by Crippen LogP contribution is -2.30. The Kier molecular flexibility index (Phi) is 4.66. The summed E-state index contributed by atoms with van der Waals surface area (Å²) in [6.45, 7) is 1.76. The van der Waals surface area contributed by atoms with E-state index >= 15 is 0 Å². The van der Waals surface area contributed by atoms with Crippen molar-refractivity contribution in [1.82, 2.24) is 0 Å². The summed E-state index contributed by atoms with van der Waals surface area (Å²) in [6, 6.07) is 5.00. The zero-order chi connectivity index (χ0) is 13.8. The molecule has 5 heteroatoms. The van der Waals surface area contributed by atoms with E-state index in [1.807, 2.05) is 0 Å². The van der Waals surface area contributed by atoms with Crippen molar-refractivity contribution >= 4 is 28.9 Å². The van der Waals surface area contributed by atoms with Crippen molar-refractivity contribution in [2.24, 2.45) is 0 Å². The van der Waals surface area contributed by atoms with Gasteiger partial charge >= 0.3 is 0 Å². The van der Waals surface area contributed by atoms with Gasteiger partial charge in [0.15, 0.2) is 0 Å². The molecule has 2 rings (SSSR count). The van der Waals surface area contributed by atoms with Gasteiger partial charge in [0, 0.05) is 5.69 Å². The van der Waals surface area contributed by atoms with Crippen molar-refractivity contribution < 1.29 is 9.53 Å². The van der Waals surface area contributed by atoms with Crippen LogP contribution in [0.4, 0.5) is 11.4 Å². The van der Waals surface area contributed by atoms with Gasteiger partial charge in [-0.05, 0) is 38.0 Å². The minimum Gasteiger partial charge on any atom is -0.399 e. The Morgan fingerprint density at radius 3 is 2.79 bits per heavy atom. The molecule has 1 aromatic carbocycles. The predicted octanol–water partition coefficient (Wildman–Crippen LogP) is 3.21. The molecule has 1 aliphatic rings. The second-order valence-electron chi connectivity index (χ2n) is 4.91. The normalized spacial score (nSPS) is 17.4. The van der Waals surface area contributed by atoms with Gasteiger partial charge in [0.1, 0.15) is 6.10 Å². The Balaban J connectivity index is 1.92. The lowest BCUT2D eigenvalue weighted by Gasteiger charge is -2.18. The monoisotopic (exact) mass is 282 g/mol. The number of hydrogen-bond acceptors (Lipinski definition) is 3. The fourth-order valence-electron chi connectivity index (χ4n) is 2.24. The largest absolute Gasteiger partial charge is 0.399 e. The molecule has 1 fully saturated rings. The summed E-state index contributed by atoms with van der Waals surface area (Å²) in [5.74, 6) is -0.182. The van der Waals surface area contributed by atoms with E-state index in [0.29, 0.717) is 16.4 Å². The van der Waals surface area contributed by atoms with Crippen molar-refractivity contribution in [2.75, 3.05) is 11.1 Å². The van der Waals surface area contributed by atoms with Crippen molar-refractivity contribution in [3.63, 3.8) is 0 Å². The van der Waals surface area contributed by atoms with E-state index in [0.717, 1.165) is 12.8 Å². The summed E-state index contributed by atoms with van der Waals surface area (Å²) in [5.41, 5.74) is 6.73. The molecule has 19 heavy (non-hydrogen) atoms. The first-order valence-corrected chi connectivity index (χ1v) is 6.95. The summed E-state index contributed by atoms with van der Waals surface area (Å²) in [7, 11) is 0. The molecule has 0 bridgehead atoms. The molecular formula is C14H19ClN2O2. The zero-order valence-corrected chi connectivity index (χ0v) is 11.7. The van der Waals surface area contributed by atoms with Gasteiger partial charge in [0.2, 0.25) is 0 Å². The van der Waals surface area contributed by atoms with Crippen molar-refractivity contribution in [1.29, 1.82) is 0 Å². The molecule has 1 aliphatic carbocycles. The van der Waals surface area contributed by atoms with Crippen LogP contribution in [0.2, 0.25) is 5.02 Å². The van der Waals surface area contributed by atoms with Crippen LogP contribution >= 0.6 is 11.6 Å². The van der Waals surface area contributed by atoms with Crippen LogP contribution < -0.4 is 11.1 Å². The number of rotatable bonds is 4. The molecule has 1 aromatic rings. The summed E-state index contributed by atoms with van der Waals surface area (Å²) >= 11 is 6.01. The minimum atomic E-state index is -0.475. The molecule has 1 saturated carbocycles. The number of amides is 1. The van der Waals surface area contributed by atoms with Crippen LogP contribution in [-0.2, 0) is 9.53 Å². The topological polar surface area (TPSA) is 64.3 Å². The van der Waals surface area contributed by atoms with Crippen LogP contribution in [0.5, 0.6) is 0 Å². The number of halogens is 1. The molecule has 1 amide bonds. The fraction of sp³-hybridized carbons (Fsp3) is 0.500. The highest BCUT2D eigenvalue weighted by Gasteiger charge is 2.22. The Morgan fingerprint density at radius 1 is 1.47 bits per heavy atom. The maximum Gasteiger partial charge on any atom is 0.253 e. The van der Waals surface area contributed by atoms with Crippen LogP contribution in [0, 0.1) is 0 Å². The summed E-state index contributed by atoms with van der Waals surface area (Å²) in [6.07, 6.45) is 4.19. The van der Waals surface area contributed by atoms with E-state index in [9.17, 15) is 4.79 Å². The number of carbonyl (C=O) groups is 1. The van der Waals surface area contributed by atoms with Gasteiger partial charge in [-0.3, -0.25) is 4.79 Å². The molecule has 0 radical (unpaired) electrons. The molecule has 0 aliphatic heterocycles. The van der Waals surface area contributed by atoms with Gasteiger partial charge in [-0.2, -0.15) is 0 Å². The highest BCUT2D eigenvalue weighted by Crippen LogP contribution is 2.25. The van der Waals surface area contributed by atoms with Gasteiger partial charge in [-0.1, -0.05) is 24.4 Å². The van der Waals surface area contributed by atoms with Crippen LogP contribution in [0.15, 0.2) is 18.2 Å². The molecular weight excluding hydrogens is 264 g/mol. The van der Waals surface area contributed by atoms with Gasteiger partial charge in [0.05, 0.1) is 16.8 Å². The SMILES string of the molecule is CC(OC1CCCC1)C(=O)Nc1ccc(N)cc1Cl. The number of ether oxygens (including phenoxy) is 1. The molecule has 0 aromatic heterocycles. The number of hydrogen-bond donors (Lipinski definition) is 2. The molecule has 0 spiro atoms. The third kappa shape index (κ3) is 3.85. The Morgan fingerprint density at radius 2 is 2.16 bits per heavy atom. The van der Waals surface area contributed by atoms with Crippen molar-refractivity contribution in [2.45, 2.75) is 44.8 Å². The highest BCUT2D eigenvalue weighted by molar-refractivity contribution is 6.34. The summed E-state index contributed by atoms with van der Waals surface area (Å²) < 4.78 is 5.73. The Labute approximate surface area is 118 Å². The molecule has 1 unspecified atom stereocenters. The first-order valence-electron chi connectivity index (χ1n) is 6.57. The van der Waals surface area contributed by atoms with Crippen LogP contribution in [0.25, 0.3) is 0 Å². The molecule has 104 valence electrons. The quantitative estimate of drug-likeness (QED) is 0.834. The van der Waals surface area contributed by atoms with Gasteiger partial charge in [-0.25, -0.2) is 0 Å².